The van der Waals surface area contributed by atoms with E-state index in [-0.39, 0.29) is 9.68 Å². The van der Waals surface area contributed by atoms with Gasteiger partial charge >= 0.3 is 0 Å². The van der Waals surface area contributed by atoms with Gasteiger partial charge in [0.1, 0.15) is 9.68 Å². The Morgan fingerprint density at radius 1 is 1.15 bits per heavy atom. The van der Waals surface area contributed by atoms with Crippen LogP contribution in [-0.2, 0) is 0 Å². The van der Waals surface area contributed by atoms with Gasteiger partial charge in [0.2, 0.25) is 0 Å². The molecule has 0 aliphatic heterocycles. The summed E-state index contributed by atoms with van der Waals surface area (Å²) in [5, 5.41) is 0. The number of allylic oxidation sites excluding steroid dienone is 1. The maximum atomic E-state index is 3.31. The van der Waals surface area contributed by atoms with Crippen molar-refractivity contribution in [2.75, 3.05) is 7.05 Å². The van der Waals surface area contributed by atoms with Gasteiger partial charge < -0.3 is 4.98 Å². The van der Waals surface area contributed by atoms with Crippen LogP contribution in [0.4, 0.5) is 0 Å². The lowest BCUT2D eigenvalue weighted by molar-refractivity contribution is 0.714. The Morgan fingerprint density at radius 2 is 1.69 bits per heavy atom. The van der Waals surface area contributed by atoms with Crippen LogP contribution >= 0.6 is 0 Å². The Hall–Kier alpha value is -0.0831. The molecule has 0 amide bonds. The molecule has 13 heavy (non-hydrogen) atoms. The predicted octanol–water partition coefficient (Wildman–Crippen LogP) is 2.55. The molecule has 0 aromatic heterocycles. The van der Waals surface area contributed by atoms with E-state index in [0.29, 0.717) is 0 Å². The van der Waals surface area contributed by atoms with E-state index < -0.39 is 0 Å². The Kier molecular flexibility index (Phi) is 9.94. The SMILES string of the molecule is CCCCC(=C[SiH2]NC)CCCC. The number of unbranched alkanes of at least 4 members (excludes halogenated alkanes) is 2. The van der Waals surface area contributed by atoms with E-state index in [9.17, 15) is 0 Å². The van der Waals surface area contributed by atoms with Gasteiger partial charge in [0, 0.05) is 0 Å². The molecule has 0 aromatic rings. The van der Waals surface area contributed by atoms with Crippen LogP contribution < -0.4 is 4.98 Å². The zero-order chi connectivity index (χ0) is 9.94. The van der Waals surface area contributed by atoms with Crippen LogP contribution in [0.25, 0.3) is 0 Å². The molecule has 0 unspecified atom stereocenters. The summed E-state index contributed by atoms with van der Waals surface area (Å²) in [7, 11) is 1.98. The van der Waals surface area contributed by atoms with E-state index in [1.54, 1.807) is 5.57 Å². The molecule has 0 spiro atoms. The fourth-order valence-electron chi connectivity index (χ4n) is 1.38. The van der Waals surface area contributed by atoms with Gasteiger partial charge in [0.25, 0.3) is 0 Å². The molecule has 0 heterocycles. The molecule has 0 rings (SSSR count). The van der Waals surface area contributed by atoms with Crippen molar-refractivity contribution in [2.24, 2.45) is 0 Å². The lowest BCUT2D eigenvalue weighted by atomic mass is 10.1. The summed E-state index contributed by atoms with van der Waals surface area (Å²) in [6.45, 7) is 4.54. The third kappa shape index (κ3) is 8.25. The van der Waals surface area contributed by atoms with E-state index in [4.69, 9.17) is 0 Å². The monoisotopic (exact) mass is 199 g/mol. The third-order valence-electron chi connectivity index (χ3n) is 2.30. The molecule has 0 aromatic carbocycles. The van der Waals surface area contributed by atoms with Crippen LogP contribution in [0.3, 0.4) is 0 Å². The van der Waals surface area contributed by atoms with Crippen LogP contribution in [0.5, 0.6) is 0 Å². The van der Waals surface area contributed by atoms with E-state index >= 15 is 0 Å². The van der Waals surface area contributed by atoms with E-state index in [2.05, 4.69) is 31.6 Å². The Labute approximate surface area is 85.9 Å². The second-order valence-electron chi connectivity index (χ2n) is 3.63. The van der Waals surface area contributed by atoms with Gasteiger partial charge in [-0.05, 0) is 32.7 Å². The topological polar surface area (TPSA) is 12.0 Å². The molecular formula is C11H25NSi. The molecule has 0 atom stereocenters. The highest BCUT2D eigenvalue weighted by molar-refractivity contribution is 6.39. The van der Waals surface area contributed by atoms with E-state index in [0.717, 1.165) is 0 Å². The summed E-state index contributed by atoms with van der Waals surface area (Å²) in [6.07, 6.45) is 8.06. The Bertz CT molecular complexity index is 122. The van der Waals surface area contributed by atoms with Gasteiger partial charge in [-0.25, -0.2) is 0 Å². The molecule has 0 saturated carbocycles. The standard InChI is InChI=1S/C11H25NSi/c1-4-6-8-11(9-7-5-2)10-13-12-3/h10,12H,4-9,13H2,1-3H3. The average molecular weight is 199 g/mol. The summed E-state index contributed by atoms with van der Waals surface area (Å²) < 4.78 is 0. The second-order valence-corrected chi connectivity index (χ2v) is 5.15. The molecule has 0 bridgehead atoms. The van der Waals surface area contributed by atoms with Crippen molar-refractivity contribution in [1.29, 1.82) is 0 Å². The first-order chi connectivity index (χ1) is 6.35. The molecule has 0 aliphatic carbocycles. The van der Waals surface area contributed by atoms with Crippen molar-refractivity contribution >= 4 is 9.68 Å². The normalized spacial score (nSPS) is 11.0. The second kappa shape index (κ2) is 10.0. The number of rotatable bonds is 8. The van der Waals surface area contributed by atoms with Crippen LogP contribution in [0, 0.1) is 0 Å². The van der Waals surface area contributed by atoms with Crippen molar-refractivity contribution < 1.29 is 0 Å². The van der Waals surface area contributed by atoms with Crippen LogP contribution in [0.1, 0.15) is 52.4 Å². The average Bonchev–Trinajstić information content (AvgIpc) is 2.17. The van der Waals surface area contributed by atoms with Crippen molar-refractivity contribution in [1.82, 2.24) is 4.98 Å². The van der Waals surface area contributed by atoms with Crippen molar-refractivity contribution in [2.45, 2.75) is 52.4 Å². The number of nitrogens with one attached hydrogen (secondary N) is 1. The van der Waals surface area contributed by atoms with Crippen molar-refractivity contribution in [3.63, 3.8) is 0 Å². The van der Waals surface area contributed by atoms with E-state index in [1.165, 1.54) is 38.5 Å². The minimum atomic E-state index is -0.0937. The fraction of sp³-hybridized carbons (Fsp3) is 0.818. The van der Waals surface area contributed by atoms with Gasteiger partial charge in [0.05, 0.1) is 0 Å². The molecule has 1 N–H and O–H groups in total. The highest BCUT2D eigenvalue weighted by atomic mass is 28.2. The summed E-state index contributed by atoms with van der Waals surface area (Å²) in [6, 6.07) is 0. The molecule has 2 heteroatoms. The molecule has 0 aliphatic rings. The Morgan fingerprint density at radius 3 is 2.08 bits per heavy atom. The van der Waals surface area contributed by atoms with Crippen molar-refractivity contribution in [3.05, 3.63) is 11.3 Å². The first-order valence-electron chi connectivity index (χ1n) is 5.67. The minimum absolute atomic E-state index is 0.0937. The van der Waals surface area contributed by atoms with E-state index in [1.807, 2.05) is 0 Å². The van der Waals surface area contributed by atoms with Crippen LogP contribution in [-0.4, -0.2) is 16.7 Å². The molecule has 1 nitrogen and oxygen atoms in total. The van der Waals surface area contributed by atoms with Crippen molar-refractivity contribution in [3.8, 4) is 0 Å². The molecule has 78 valence electrons. The largest absolute Gasteiger partial charge is 0.342 e. The van der Waals surface area contributed by atoms with Gasteiger partial charge in [-0.15, -0.1) is 0 Å². The predicted molar refractivity (Wildman–Crippen MR) is 64.7 cm³/mol. The summed E-state index contributed by atoms with van der Waals surface area (Å²) in [5.74, 6) is 0. The summed E-state index contributed by atoms with van der Waals surface area (Å²) in [4.78, 5) is 3.31. The number of hydrogen-bond acceptors (Lipinski definition) is 1. The van der Waals surface area contributed by atoms with Crippen LogP contribution in [0.2, 0.25) is 0 Å². The molecule has 0 saturated heterocycles. The minimum Gasteiger partial charge on any atom is -0.342 e. The van der Waals surface area contributed by atoms with Gasteiger partial charge in [0.15, 0.2) is 0 Å². The highest BCUT2D eigenvalue weighted by Crippen LogP contribution is 2.13. The molecule has 0 radical (unpaired) electrons. The third-order valence-corrected chi connectivity index (χ3v) is 3.49. The molecule has 0 fully saturated rings. The smallest absolute Gasteiger partial charge is 0.116 e. The quantitative estimate of drug-likeness (QED) is 0.593. The number of hydrogen-bond donors (Lipinski definition) is 1. The highest BCUT2D eigenvalue weighted by Gasteiger charge is 1.96. The fourth-order valence-corrected chi connectivity index (χ4v) is 2.28. The van der Waals surface area contributed by atoms with Crippen LogP contribution in [0.15, 0.2) is 11.3 Å². The summed E-state index contributed by atoms with van der Waals surface area (Å²) >= 11 is 0. The van der Waals surface area contributed by atoms with Gasteiger partial charge in [-0.1, -0.05) is 38.0 Å². The molecular weight excluding hydrogens is 174 g/mol. The van der Waals surface area contributed by atoms with Gasteiger partial charge in [-0.3, -0.25) is 0 Å². The first-order valence-corrected chi connectivity index (χ1v) is 7.20. The summed E-state index contributed by atoms with van der Waals surface area (Å²) in [5.41, 5.74) is 4.22. The Balaban J connectivity index is 3.72. The first kappa shape index (κ1) is 12.9. The maximum Gasteiger partial charge on any atom is 0.116 e. The lowest BCUT2D eigenvalue weighted by Crippen LogP contribution is -2.10. The zero-order valence-electron chi connectivity index (χ0n) is 9.53. The lowest BCUT2D eigenvalue weighted by Gasteiger charge is -2.05. The van der Waals surface area contributed by atoms with Gasteiger partial charge in [-0.2, -0.15) is 0 Å². The zero-order valence-corrected chi connectivity index (χ0v) is 10.9. The maximum absolute atomic E-state index is 3.31.